The summed E-state index contributed by atoms with van der Waals surface area (Å²) in [6.45, 7) is 4.44. The quantitative estimate of drug-likeness (QED) is 0.217. The number of rotatable bonds is 19. The van der Waals surface area contributed by atoms with Gasteiger partial charge in [0.05, 0.1) is 6.42 Å². The third kappa shape index (κ3) is 21.1. The molecular weight excluding hydrogens is 310 g/mol. The second-order valence-electron chi connectivity index (χ2n) is 7.53. The van der Waals surface area contributed by atoms with Crippen LogP contribution in [0.15, 0.2) is 0 Å². The first kappa shape index (κ1) is 24.1. The number of unbranched alkanes of at least 4 members (excludes halogenated alkanes) is 15. The minimum Gasteiger partial charge on any atom is -0.356 e. The maximum atomic E-state index is 11.3. The fourth-order valence-electron chi connectivity index (χ4n) is 3.19. The van der Waals surface area contributed by atoms with Gasteiger partial charge in [0, 0.05) is 6.54 Å². The Hall–Kier alpha value is -0.860. The van der Waals surface area contributed by atoms with Crippen LogP contribution in [0.25, 0.3) is 0 Å². The van der Waals surface area contributed by atoms with Gasteiger partial charge in [0.1, 0.15) is 5.78 Å². The van der Waals surface area contributed by atoms with Crippen molar-refractivity contribution in [1.82, 2.24) is 5.32 Å². The maximum absolute atomic E-state index is 11.3. The first-order chi connectivity index (χ1) is 12.2. The van der Waals surface area contributed by atoms with Gasteiger partial charge in [-0.1, -0.05) is 103 Å². The van der Waals surface area contributed by atoms with E-state index in [0.29, 0.717) is 6.54 Å². The van der Waals surface area contributed by atoms with Crippen molar-refractivity contribution in [2.24, 2.45) is 0 Å². The molecule has 3 heteroatoms. The minimum atomic E-state index is -0.131. The molecule has 0 radical (unpaired) electrons. The molecule has 0 spiro atoms. The van der Waals surface area contributed by atoms with Crippen molar-refractivity contribution >= 4 is 11.7 Å². The van der Waals surface area contributed by atoms with Gasteiger partial charge >= 0.3 is 0 Å². The molecule has 0 unspecified atom stereocenters. The molecule has 0 saturated heterocycles. The molecule has 0 atom stereocenters. The zero-order chi connectivity index (χ0) is 18.6. The SMILES string of the molecule is CCCCCCCCCCCCCCCCCCNC(=O)CC(C)=O. The van der Waals surface area contributed by atoms with Crippen LogP contribution in [0.2, 0.25) is 0 Å². The fourth-order valence-corrected chi connectivity index (χ4v) is 3.19. The number of Topliss-reactive ketones (excluding diaryl/α,β-unsaturated/α-hetero) is 1. The Morgan fingerprint density at radius 2 is 0.960 bits per heavy atom. The van der Waals surface area contributed by atoms with Crippen LogP contribution < -0.4 is 5.32 Å². The molecule has 3 nitrogen and oxygen atoms in total. The summed E-state index contributed by atoms with van der Waals surface area (Å²) < 4.78 is 0. The van der Waals surface area contributed by atoms with Crippen LogP contribution >= 0.6 is 0 Å². The summed E-state index contributed by atoms with van der Waals surface area (Å²) in [4.78, 5) is 22.1. The van der Waals surface area contributed by atoms with Crippen LogP contribution in [0.3, 0.4) is 0 Å². The lowest BCUT2D eigenvalue weighted by molar-refractivity contribution is -0.127. The van der Waals surface area contributed by atoms with Gasteiger partial charge in [0.15, 0.2) is 0 Å². The number of amides is 1. The summed E-state index contributed by atoms with van der Waals surface area (Å²) in [5.41, 5.74) is 0. The predicted molar refractivity (Wildman–Crippen MR) is 108 cm³/mol. The van der Waals surface area contributed by atoms with Crippen molar-refractivity contribution in [3.63, 3.8) is 0 Å². The van der Waals surface area contributed by atoms with Crippen molar-refractivity contribution in [1.29, 1.82) is 0 Å². The lowest BCUT2D eigenvalue weighted by Gasteiger charge is -2.05. The number of ketones is 1. The summed E-state index contributed by atoms with van der Waals surface area (Å²) >= 11 is 0. The van der Waals surface area contributed by atoms with E-state index >= 15 is 0 Å². The molecule has 0 aliphatic rings. The monoisotopic (exact) mass is 353 g/mol. The lowest BCUT2D eigenvalue weighted by Crippen LogP contribution is -2.25. The van der Waals surface area contributed by atoms with Crippen LogP contribution in [0.4, 0.5) is 0 Å². The second kappa shape index (κ2) is 19.5. The normalized spacial score (nSPS) is 10.8. The van der Waals surface area contributed by atoms with Gasteiger partial charge in [0.25, 0.3) is 0 Å². The number of hydrogen-bond acceptors (Lipinski definition) is 2. The summed E-state index contributed by atoms with van der Waals surface area (Å²) in [7, 11) is 0. The van der Waals surface area contributed by atoms with E-state index in [4.69, 9.17) is 0 Å². The molecule has 0 aliphatic carbocycles. The van der Waals surface area contributed by atoms with E-state index in [-0.39, 0.29) is 18.1 Å². The highest BCUT2D eigenvalue weighted by atomic mass is 16.2. The van der Waals surface area contributed by atoms with Crippen LogP contribution in [-0.4, -0.2) is 18.2 Å². The smallest absolute Gasteiger partial charge is 0.227 e. The topological polar surface area (TPSA) is 46.2 Å². The van der Waals surface area contributed by atoms with Crippen molar-refractivity contribution in [2.75, 3.05) is 6.54 Å². The molecule has 0 heterocycles. The lowest BCUT2D eigenvalue weighted by atomic mass is 10.0. The molecule has 0 aromatic heterocycles. The highest BCUT2D eigenvalue weighted by Crippen LogP contribution is 2.13. The summed E-state index contributed by atoms with van der Waals surface area (Å²) in [5, 5.41) is 2.80. The second-order valence-corrected chi connectivity index (χ2v) is 7.53. The van der Waals surface area contributed by atoms with Gasteiger partial charge in [0.2, 0.25) is 5.91 Å². The van der Waals surface area contributed by atoms with Crippen molar-refractivity contribution in [3.8, 4) is 0 Å². The van der Waals surface area contributed by atoms with E-state index in [1.165, 1.54) is 103 Å². The van der Waals surface area contributed by atoms with Crippen molar-refractivity contribution < 1.29 is 9.59 Å². The van der Waals surface area contributed by atoms with E-state index in [9.17, 15) is 9.59 Å². The zero-order valence-electron chi connectivity index (χ0n) is 17.0. The highest BCUT2D eigenvalue weighted by molar-refractivity contribution is 5.96. The number of carbonyl (C=O) groups is 2. The number of nitrogens with one attached hydrogen (secondary N) is 1. The molecule has 0 fully saturated rings. The van der Waals surface area contributed by atoms with E-state index < -0.39 is 0 Å². The van der Waals surface area contributed by atoms with Gasteiger partial charge in [-0.3, -0.25) is 9.59 Å². The average Bonchev–Trinajstić information content (AvgIpc) is 2.57. The summed E-state index contributed by atoms with van der Waals surface area (Å²) in [6.07, 6.45) is 21.7. The first-order valence-electron chi connectivity index (χ1n) is 10.9. The van der Waals surface area contributed by atoms with Gasteiger partial charge < -0.3 is 5.32 Å². The Morgan fingerprint density at radius 1 is 0.600 bits per heavy atom. The van der Waals surface area contributed by atoms with Gasteiger partial charge in [-0.25, -0.2) is 0 Å². The Bertz CT molecular complexity index is 315. The molecule has 1 N–H and O–H groups in total. The van der Waals surface area contributed by atoms with Crippen LogP contribution in [0.5, 0.6) is 0 Å². The van der Waals surface area contributed by atoms with Crippen molar-refractivity contribution in [3.05, 3.63) is 0 Å². The van der Waals surface area contributed by atoms with Crippen LogP contribution in [0, 0.1) is 0 Å². The van der Waals surface area contributed by atoms with E-state index in [1.807, 2.05) is 0 Å². The van der Waals surface area contributed by atoms with E-state index in [0.717, 1.165) is 6.42 Å². The molecule has 1 amide bonds. The van der Waals surface area contributed by atoms with Gasteiger partial charge in [-0.05, 0) is 13.3 Å². The maximum Gasteiger partial charge on any atom is 0.227 e. The standard InChI is InChI=1S/C22H43NO2/c1-3-4-5-6-7-8-9-10-11-12-13-14-15-16-17-18-19-23-22(25)20-21(2)24/h3-20H2,1-2H3,(H,23,25). The van der Waals surface area contributed by atoms with Crippen molar-refractivity contribution in [2.45, 2.75) is 123 Å². The third-order valence-electron chi connectivity index (χ3n) is 4.76. The molecule has 0 bridgehead atoms. The molecule has 0 aromatic carbocycles. The molecular formula is C22H43NO2. The van der Waals surface area contributed by atoms with E-state index in [2.05, 4.69) is 12.2 Å². The van der Waals surface area contributed by atoms with Gasteiger partial charge in [-0.2, -0.15) is 0 Å². The molecule has 0 aliphatic heterocycles. The molecule has 0 aromatic rings. The Morgan fingerprint density at radius 3 is 1.32 bits per heavy atom. The molecule has 0 saturated carbocycles. The fraction of sp³-hybridized carbons (Fsp3) is 0.909. The van der Waals surface area contributed by atoms with E-state index in [1.54, 1.807) is 0 Å². The zero-order valence-corrected chi connectivity index (χ0v) is 17.0. The Balaban J connectivity index is 3.07. The molecule has 25 heavy (non-hydrogen) atoms. The summed E-state index contributed by atoms with van der Waals surface area (Å²) in [5.74, 6) is -0.196. The number of hydrogen-bond donors (Lipinski definition) is 1. The third-order valence-corrected chi connectivity index (χ3v) is 4.76. The van der Waals surface area contributed by atoms with Gasteiger partial charge in [-0.15, -0.1) is 0 Å². The Kier molecular flexibility index (Phi) is 18.8. The first-order valence-corrected chi connectivity index (χ1v) is 10.9. The van der Waals surface area contributed by atoms with Crippen LogP contribution in [0.1, 0.15) is 123 Å². The number of carbonyl (C=O) groups excluding carboxylic acids is 2. The summed E-state index contributed by atoms with van der Waals surface area (Å²) in [6, 6.07) is 0. The molecule has 0 rings (SSSR count). The Labute approximate surface area is 156 Å². The molecule has 148 valence electrons. The average molecular weight is 354 g/mol. The highest BCUT2D eigenvalue weighted by Gasteiger charge is 2.03. The van der Waals surface area contributed by atoms with Crippen LogP contribution in [-0.2, 0) is 9.59 Å². The largest absolute Gasteiger partial charge is 0.356 e. The predicted octanol–water partition coefficient (Wildman–Crippen LogP) is 6.34. The minimum absolute atomic E-state index is 0.0266.